The van der Waals surface area contributed by atoms with E-state index < -0.39 is 0 Å². The molecule has 0 bridgehead atoms. The van der Waals surface area contributed by atoms with Crippen molar-refractivity contribution in [2.75, 3.05) is 13.1 Å². The van der Waals surface area contributed by atoms with Gasteiger partial charge in [0, 0.05) is 0 Å². The van der Waals surface area contributed by atoms with Crippen molar-refractivity contribution in [3.63, 3.8) is 0 Å². The van der Waals surface area contributed by atoms with Crippen molar-refractivity contribution in [2.24, 2.45) is 29.6 Å². The fraction of sp³-hybridized carbons (Fsp3) is 1.00. The summed E-state index contributed by atoms with van der Waals surface area (Å²) in [6.07, 6.45) is 14.7. The van der Waals surface area contributed by atoms with Gasteiger partial charge in [0.25, 0.3) is 0 Å². The van der Waals surface area contributed by atoms with Crippen molar-refractivity contribution in [2.45, 2.75) is 85.0 Å². The minimum Gasteiger partial charge on any atom is -0.316 e. The van der Waals surface area contributed by atoms with E-state index in [1.165, 1.54) is 77.3 Å². The van der Waals surface area contributed by atoms with Crippen LogP contribution in [0.4, 0.5) is 0 Å². The van der Waals surface area contributed by atoms with Crippen LogP contribution in [0.25, 0.3) is 0 Å². The average Bonchev–Trinajstić information content (AvgIpc) is 2.96. The lowest BCUT2D eigenvalue weighted by Gasteiger charge is -2.35. The highest BCUT2D eigenvalue weighted by Gasteiger charge is 2.34. The molecule has 1 nitrogen and oxygen atoms in total. The summed E-state index contributed by atoms with van der Waals surface area (Å²) in [4.78, 5) is 0. The van der Waals surface area contributed by atoms with Gasteiger partial charge in [-0.05, 0) is 49.1 Å². The molecule has 1 aliphatic heterocycles. The first-order chi connectivity index (χ1) is 10.3. The molecule has 2 rings (SSSR count). The van der Waals surface area contributed by atoms with Gasteiger partial charge in [-0.3, -0.25) is 0 Å². The topological polar surface area (TPSA) is 12.0 Å². The highest BCUT2D eigenvalue weighted by atomic mass is 14.9. The van der Waals surface area contributed by atoms with Gasteiger partial charge in [-0.25, -0.2) is 0 Å². The van der Waals surface area contributed by atoms with Crippen molar-refractivity contribution in [3.05, 3.63) is 0 Å². The molecule has 1 N–H and O–H groups in total. The zero-order valence-corrected chi connectivity index (χ0v) is 14.9. The Morgan fingerprint density at radius 2 is 1.71 bits per heavy atom. The molecule has 124 valence electrons. The number of unbranched alkanes of at least 4 members (excludes halogenated alkanes) is 2. The second-order valence-electron chi connectivity index (χ2n) is 8.00. The lowest BCUT2D eigenvalue weighted by atomic mass is 9.70. The summed E-state index contributed by atoms with van der Waals surface area (Å²) < 4.78 is 0. The number of hydrogen-bond donors (Lipinski definition) is 1. The Kier molecular flexibility index (Phi) is 7.57. The maximum atomic E-state index is 3.72. The molecule has 5 atom stereocenters. The van der Waals surface area contributed by atoms with Gasteiger partial charge in [-0.1, -0.05) is 78.6 Å². The van der Waals surface area contributed by atoms with Crippen LogP contribution in [0.2, 0.25) is 0 Å². The van der Waals surface area contributed by atoms with E-state index in [1.807, 2.05) is 0 Å². The fourth-order valence-corrected chi connectivity index (χ4v) is 5.13. The molecule has 2 fully saturated rings. The molecule has 1 heterocycles. The van der Waals surface area contributed by atoms with Crippen LogP contribution in [-0.4, -0.2) is 13.1 Å². The summed E-state index contributed by atoms with van der Waals surface area (Å²) in [7, 11) is 0. The van der Waals surface area contributed by atoms with Crippen molar-refractivity contribution in [1.29, 1.82) is 0 Å². The van der Waals surface area contributed by atoms with Gasteiger partial charge in [0.15, 0.2) is 0 Å². The summed E-state index contributed by atoms with van der Waals surface area (Å²) in [5.74, 6) is 4.94. The lowest BCUT2D eigenvalue weighted by molar-refractivity contribution is 0.163. The van der Waals surface area contributed by atoms with E-state index in [-0.39, 0.29) is 0 Å². The second kappa shape index (κ2) is 9.18. The van der Waals surface area contributed by atoms with Crippen LogP contribution in [-0.2, 0) is 0 Å². The van der Waals surface area contributed by atoms with Gasteiger partial charge in [-0.2, -0.15) is 0 Å². The Morgan fingerprint density at radius 1 is 0.952 bits per heavy atom. The highest BCUT2D eigenvalue weighted by Crippen LogP contribution is 2.40. The molecule has 5 unspecified atom stereocenters. The number of nitrogens with one attached hydrogen (secondary N) is 1. The first-order valence-corrected chi connectivity index (χ1v) is 9.96. The van der Waals surface area contributed by atoms with Crippen molar-refractivity contribution in [3.8, 4) is 0 Å². The smallest absolute Gasteiger partial charge is 0.00147 e. The van der Waals surface area contributed by atoms with Crippen LogP contribution >= 0.6 is 0 Å². The molecule has 0 spiro atoms. The van der Waals surface area contributed by atoms with Crippen LogP contribution < -0.4 is 5.32 Å². The van der Waals surface area contributed by atoms with Crippen LogP contribution in [0, 0.1) is 29.6 Å². The van der Waals surface area contributed by atoms with Gasteiger partial charge in [0.05, 0.1) is 0 Å². The van der Waals surface area contributed by atoms with E-state index in [4.69, 9.17) is 0 Å². The number of rotatable bonds is 8. The molecule has 0 amide bonds. The third-order valence-electron chi connectivity index (χ3n) is 6.58. The van der Waals surface area contributed by atoms with Crippen molar-refractivity contribution < 1.29 is 0 Å². The number of hydrogen-bond acceptors (Lipinski definition) is 1. The highest BCUT2D eigenvalue weighted by molar-refractivity contribution is 4.88. The molecule has 21 heavy (non-hydrogen) atoms. The largest absolute Gasteiger partial charge is 0.316 e. The first kappa shape index (κ1) is 17.3. The van der Waals surface area contributed by atoms with Crippen LogP contribution in [0.15, 0.2) is 0 Å². The summed E-state index contributed by atoms with van der Waals surface area (Å²) in [6.45, 7) is 9.86. The SMILES string of the molecule is CCCCCC(C)C1CNCC1CC1CCCCC1CC. The Balaban J connectivity index is 1.83. The second-order valence-corrected chi connectivity index (χ2v) is 8.00. The van der Waals surface area contributed by atoms with E-state index in [2.05, 4.69) is 26.1 Å². The normalized spacial score (nSPS) is 35.0. The quantitative estimate of drug-likeness (QED) is 0.571. The zero-order valence-electron chi connectivity index (χ0n) is 14.9. The first-order valence-electron chi connectivity index (χ1n) is 9.96. The Bertz CT molecular complexity index is 275. The van der Waals surface area contributed by atoms with Crippen LogP contribution in [0.5, 0.6) is 0 Å². The average molecular weight is 294 g/mol. The lowest BCUT2D eigenvalue weighted by Crippen LogP contribution is -2.27. The fourth-order valence-electron chi connectivity index (χ4n) is 5.13. The minimum absolute atomic E-state index is 0.931. The molecule has 0 radical (unpaired) electrons. The predicted molar refractivity (Wildman–Crippen MR) is 93.5 cm³/mol. The van der Waals surface area contributed by atoms with Crippen molar-refractivity contribution >= 4 is 0 Å². The Morgan fingerprint density at radius 3 is 2.43 bits per heavy atom. The van der Waals surface area contributed by atoms with Gasteiger partial charge < -0.3 is 5.32 Å². The molecular formula is C20H39N. The third-order valence-corrected chi connectivity index (χ3v) is 6.58. The monoisotopic (exact) mass is 293 g/mol. The summed E-state index contributed by atoms with van der Waals surface area (Å²) >= 11 is 0. The van der Waals surface area contributed by atoms with Crippen molar-refractivity contribution in [1.82, 2.24) is 5.32 Å². The Labute approximate surface area is 133 Å². The molecule has 0 aromatic carbocycles. The summed E-state index contributed by atoms with van der Waals surface area (Å²) in [6, 6.07) is 0. The summed E-state index contributed by atoms with van der Waals surface area (Å²) in [5, 5.41) is 3.72. The molecule has 0 aromatic heterocycles. The standard InChI is InChI=1S/C20H39N/c1-4-6-7-10-16(3)20-15-21-14-19(20)13-18-12-9-8-11-17(18)5-2/h16-21H,4-15H2,1-3H3. The molecule has 0 aromatic rings. The molecule has 1 saturated heterocycles. The molecular weight excluding hydrogens is 254 g/mol. The third kappa shape index (κ3) is 4.98. The maximum absolute atomic E-state index is 3.72. The maximum Gasteiger partial charge on any atom is -0.00147 e. The molecule has 1 heteroatoms. The van der Waals surface area contributed by atoms with E-state index in [1.54, 1.807) is 0 Å². The van der Waals surface area contributed by atoms with Crippen LogP contribution in [0.3, 0.4) is 0 Å². The van der Waals surface area contributed by atoms with Gasteiger partial charge in [0.2, 0.25) is 0 Å². The van der Waals surface area contributed by atoms with E-state index in [0.717, 1.165) is 29.6 Å². The van der Waals surface area contributed by atoms with E-state index >= 15 is 0 Å². The summed E-state index contributed by atoms with van der Waals surface area (Å²) in [5.41, 5.74) is 0. The van der Waals surface area contributed by atoms with E-state index in [0.29, 0.717) is 0 Å². The van der Waals surface area contributed by atoms with Gasteiger partial charge in [-0.15, -0.1) is 0 Å². The minimum atomic E-state index is 0.931. The zero-order chi connectivity index (χ0) is 15.1. The van der Waals surface area contributed by atoms with Gasteiger partial charge >= 0.3 is 0 Å². The van der Waals surface area contributed by atoms with Gasteiger partial charge in [0.1, 0.15) is 0 Å². The molecule has 1 saturated carbocycles. The van der Waals surface area contributed by atoms with Crippen LogP contribution in [0.1, 0.15) is 85.0 Å². The molecule has 1 aliphatic carbocycles. The molecule has 2 aliphatic rings. The Hall–Kier alpha value is -0.0400. The predicted octanol–water partition coefficient (Wildman–Crippen LogP) is 5.64. The van der Waals surface area contributed by atoms with E-state index in [9.17, 15) is 0 Å².